The van der Waals surface area contributed by atoms with E-state index in [1.165, 1.54) is 18.2 Å². The largest absolute Gasteiger partial charge is 0.399 e. The molecule has 0 heterocycles. The van der Waals surface area contributed by atoms with Gasteiger partial charge in [-0.2, -0.15) is 0 Å². The molecule has 0 aromatic heterocycles. The maximum atomic E-state index is 11.2. The first kappa shape index (κ1) is 9.41. The van der Waals surface area contributed by atoms with Crippen molar-refractivity contribution in [3.05, 3.63) is 29.3 Å². The zero-order valence-electron chi connectivity index (χ0n) is 6.91. The van der Waals surface area contributed by atoms with Gasteiger partial charge < -0.3 is 11.5 Å². The van der Waals surface area contributed by atoms with Crippen LogP contribution >= 0.6 is 0 Å². The summed E-state index contributed by atoms with van der Waals surface area (Å²) in [4.78, 5) is 21.6. The predicted octanol–water partition coefficient (Wildman–Crippen LogP) is -0.132. The minimum atomic E-state index is -0.314. The second-order valence-electron chi connectivity index (χ2n) is 2.53. The van der Waals surface area contributed by atoms with Gasteiger partial charge in [-0.05, 0) is 18.2 Å². The molecule has 1 aromatic carbocycles. The molecule has 0 saturated carbocycles. The summed E-state index contributed by atoms with van der Waals surface area (Å²) in [5, 5.41) is 0. The van der Waals surface area contributed by atoms with E-state index < -0.39 is 0 Å². The zero-order valence-corrected chi connectivity index (χ0v) is 6.91. The average molecular weight is 177 g/mol. The minimum Gasteiger partial charge on any atom is -0.399 e. The Morgan fingerprint density at radius 2 is 2.15 bits per heavy atom. The summed E-state index contributed by atoms with van der Waals surface area (Å²) < 4.78 is 0. The topological polar surface area (TPSA) is 86.2 Å². The van der Waals surface area contributed by atoms with Gasteiger partial charge in [0.05, 0.1) is 6.54 Å². The van der Waals surface area contributed by atoms with Crippen molar-refractivity contribution in [3.8, 4) is 0 Å². The number of nitrogen functional groups attached to an aromatic ring is 1. The molecule has 0 aliphatic heterocycles. The highest BCUT2D eigenvalue weighted by Crippen LogP contribution is 2.11. The Hall–Kier alpha value is -1.68. The van der Waals surface area contributed by atoms with Crippen LogP contribution in [0.2, 0.25) is 0 Å². The number of hydrogen-bond donors (Lipinski definition) is 2. The van der Waals surface area contributed by atoms with Gasteiger partial charge in [-0.15, -0.1) is 0 Å². The number of anilines is 1. The fourth-order valence-corrected chi connectivity index (χ4v) is 0.992. The fraction of sp³-hybridized carbons (Fsp3) is 0.111. The number of carbonyl (C=O) groups is 1. The highest BCUT2D eigenvalue weighted by atomic mass is 16.1. The molecular formula is C9H9N2O2. The van der Waals surface area contributed by atoms with Gasteiger partial charge in [0.25, 0.3) is 0 Å². The number of carbonyl (C=O) groups excluding carboxylic acids is 2. The van der Waals surface area contributed by atoms with E-state index in [1.54, 1.807) is 6.29 Å². The quantitative estimate of drug-likeness (QED) is 0.497. The van der Waals surface area contributed by atoms with Crippen molar-refractivity contribution in [2.45, 2.75) is 0 Å². The molecule has 0 unspecified atom stereocenters. The molecule has 0 amide bonds. The van der Waals surface area contributed by atoms with Gasteiger partial charge in [0.1, 0.15) is 0 Å². The van der Waals surface area contributed by atoms with E-state index in [9.17, 15) is 9.59 Å². The number of hydrogen-bond acceptors (Lipinski definition) is 4. The summed E-state index contributed by atoms with van der Waals surface area (Å²) in [6.45, 7) is -0.141. The van der Waals surface area contributed by atoms with Crippen LogP contribution in [0.4, 0.5) is 5.69 Å². The first-order chi connectivity index (χ1) is 6.19. The lowest BCUT2D eigenvalue weighted by Crippen LogP contribution is -2.15. The molecule has 4 N–H and O–H groups in total. The number of ketones is 1. The Balaban J connectivity index is 3.23. The number of Topliss-reactive ketones (excluding diaryl/α,β-unsaturated/α-hetero) is 1. The molecule has 0 spiro atoms. The number of benzene rings is 1. The molecule has 0 atom stereocenters. The van der Waals surface area contributed by atoms with Crippen LogP contribution < -0.4 is 11.5 Å². The van der Waals surface area contributed by atoms with Crippen molar-refractivity contribution in [2.24, 2.45) is 5.73 Å². The summed E-state index contributed by atoms with van der Waals surface area (Å²) in [6.07, 6.45) is 1.66. The normalized spacial score (nSPS) is 9.62. The predicted molar refractivity (Wildman–Crippen MR) is 49.0 cm³/mol. The van der Waals surface area contributed by atoms with Crippen molar-refractivity contribution in [1.29, 1.82) is 0 Å². The van der Waals surface area contributed by atoms with Gasteiger partial charge in [-0.25, -0.2) is 0 Å². The maximum Gasteiger partial charge on any atom is 0.234 e. The Morgan fingerprint density at radius 1 is 1.46 bits per heavy atom. The average Bonchev–Trinajstić information content (AvgIpc) is 2.16. The third-order valence-corrected chi connectivity index (χ3v) is 1.64. The second kappa shape index (κ2) is 3.82. The van der Waals surface area contributed by atoms with Crippen LogP contribution in [-0.2, 0) is 4.79 Å². The van der Waals surface area contributed by atoms with Gasteiger partial charge >= 0.3 is 0 Å². The van der Waals surface area contributed by atoms with Crippen LogP contribution in [0, 0.1) is 0 Å². The Morgan fingerprint density at radius 3 is 2.69 bits per heavy atom. The molecule has 1 radical (unpaired) electrons. The lowest BCUT2D eigenvalue weighted by Gasteiger charge is -2.02. The van der Waals surface area contributed by atoms with Gasteiger partial charge in [0.2, 0.25) is 6.29 Å². The van der Waals surface area contributed by atoms with Crippen LogP contribution in [0.5, 0.6) is 0 Å². The van der Waals surface area contributed by atoms with E-state index in [2.05, 4.69) is 0 Å². The van der Waals surface area contributed by atoms with E-state index in [1.807, 2.05) is 0 Å². The number of nitrogens with two attached hydrogens (primary N) is 2. The molecule has 0 saturated heterocycles. The van der Waals surface area contributed by atoms with E-state index in [-0.39, 0.29) is 23.5 Å². The third-order valence-electron chi connectivity index (χ3n) is 1.64. The highest BCUT2D eigenvalue weighted by Gasteiger charge is 2.09. The summed E-state index contributed by atoms with van der Waals surface area (Å²) >= 11 is 0. The van der Waals surface area contributed by atoms with Crippen molar-refractivity contribution < 1.29 is 9.59 Å². The van der Waals surface area contributed by atoms with Gasteiger partial charge in [-0.3, -0.25) is 9.59 Å². The van der Waals surface area contributed by atoms with Crippen LogP contribution in [-0.4, -0.2) is 18.6 Å². The molecule has 1 aromatic rings. The standard InChI is InChI=1S/C9H9N2O2/c10-4-9(13)8-3-7(11)2-1-6(8)5-12/h1-3H,4,10-11H2. The van der Waals surface area contributed by atoms with Gasteiger partial charge in [0, 0.05) is 16.8 Å². The van der Waals surface area contributed by atoms with E-state index >= 15 is 0 Å². The van der Waals surface area contributed by atoms with Crippen molar-refractivity contribution in [1.82, 2.24) is 0 Å². The smallest absolute Gasteiger partial charge is 0.234 e. The van der Waals surface area contributed by atoms with E-state index in [4.69, 9.17) is 11.5 Å². The first-order valence-corrected chi connectivity index (χ1v) is 3.70. The lowest BCUT2D eigenvalue weighted by molar-refractivity contribution is 0.100. The summed E-state index contributed by atoms with van der Waals surface area (Å²) in [7, 11) is 0. The summed E-state index contributed by atoms with van der Waals surface area (Å²) in [5.74, 6) is -0.314. The minimum absolute atomic E-state index is 0.141. The molecule has 0 bridgehead atoms. The highest BCUT2D eigenvalue weighted by molar-refractivity contribution is 6.04. The molecule has 67 valence electrons. The van der Waals surface area contributed by atoms with Crippen LogP contribution in [0.3, 0.4) is 0 Å². The maximum absolute atomic E-state index is 11.2. The lowest BCUT2D eigenvalue weighted by atomic mass is 10.0. The first-order valence-electron chi connectivity index (χ1n) is 3.70. The number of rotatable bonds is 3. The van der Waals surface area contributed by atoms with Crippen LogP contribution in [0.1, 0.15) is 15.9 Å². The molecule has 0 fully saturated rings. The van der Waals surface area contributed by atoms with E-state index in [0.29, 0.717) is 5.69 Å². The monoisotopic (exact) mass is 177 g/mol. The fourth-order valence-electron chi connectivity index (χ4n) is 0.992. The van der Waals surface area contributed by atoms with Crippen LogP contribution in [0.25, 0.3) is 0 Å². The van der Waals surface area contributed by atoms with Gasteiger partial charge in [0.15, 0.2) is 5.78 Å². The van der Waals surface area contributed by atoms with Crippen LogP contribution in [0.15, 0.2) is 18.2 Å². The Bertz CT molecular complexity index is 347. The summed E-state index contributed by atoms with van der Waals surface area (Å²) in [6, 6.07) is 4.41. The van der Waals surface area contributed by atoms with Crippen molar-refractivity contribution in [3.63, 3.8) is 0 Å². The molecule has 0 aliphatic carbocycles. The molecule has 13 heavy (non-hydrogen) atoms. The van der Waals surface area contributed by atoms with Crippen molar-refractivity contribution >= 4 is 17.8 Å². The van der Waals surface area contributed by atoms with E-state index in [0.717, 1.165) is 0 Å². The third kappa shape index (κ3) is 1.91. The van der Waals surface area contributed by atoms with Crippen molar-refractivity contribution in [2.75, 3.05) is 12.3 Å². The molecule has 1 rings (SSSR count). The Labute approximate surface area is 75.5 Å². The SMILES string of the molecule is NCC(=O)c1cc(N)ccc1[C]=O. The zero-order chi connectivity index (χ0) is 9.84. The molecule has 4 heteroatoms. The molecule has 4 nitrogen and oxygen atoms in total. The molecule has 0 aliphatic rings. The summed E-state index contributed by atoms with van der Waals surface area (Å²) in [5.41, 5.74) is 11.5. The molecular weight excluding hydrogens is 168 g/mol. The van der Waals surface area contributed by atoms with Gasteiger partial charge in [-0.1, -0.05) is 0 Å². The Kier molecular flexibility index (Phi) is 2.76. The second-order valence-corrected chi connectivity index (χ2v) is 2.53.